The van der Waals surface area contributed by atoms with Gasteiger partial charge in [-0.1, -0.05) is 0 Å². The summed E-state index contributed by atoms with van der Waals surface area (Å²) in [7, 11) is 1.25. The van der Waals surface area contributed by atoms with E-state index < -0.39 is 21.3 Å². The number of methoxy groups -OCH3 is 3. The van der Waals surface area contributed by atoms with E-state index in [2.05, 4.69) is 5.32 Å². The van der Waals surface area contributed by atoms with E-state index in [1.54, 1.807) is 19.1 Å². The van der Waals surface area contributed by atoms with Crippen LogP contribution < -0.4 is 19.5 Å². The van der Waals surface area contributed by atoms with Gasteiger partial charge in [-0.05, 0) is 25.5 Å². The van der Waals surface area contributed by atoms with Gasteiger partial charge >= 0.3 is 0 Å². The standard InChI is InChI=1S/C15H21NO6S/c1-15(7-8-23(18,19)9-15)16-14(17)10-5-6-11(20-2)13(22-4)12(10)21-3/h5-6H,7-9H2,1-4H3,(H,16,17). The Bertz CT molecular complexity index is 715. The van der Waals surface area contributed by atoms with Gasteiger partial charge in [-0.3, -0.25) is 4.79 Å². The lowest BCUT2D eigenvalue weighted by atomic mass is 10.0. The van der Waals surface area contributed by atoms with Crippen LogP contribution in [0.2, 0.25) is 0 Å². The molecule has 1 unspecified atom stereocenters. The SMILES string of the molecule is COc1ccc(C(=O)NC2(C)CCS(=O)(=O)C2)c(OC)c1OC. The summed E-state index contributed by atoms with van der Waals surface area (Å²) in [5.41, 5.74) is -0.524. The normalized spacial score (nSPS) is 22.4. The lowest BCUT2D eigenvalue weighted by Crippen LogP contribution is -2.47. The van der Waals surface area contributed by atoms with Crippen molar-refractivity contribution in [1.29, 1.82) is 0 Å². The third-order valence-electron chi connectivity index (χ3n) is 3.87. The number of hydrogen-bond acceptors (Lipinski definition) is 6. The number of amides is 1. The molecule has 128 valence electrons. The molecule has 1 aliphatic heterocycles. The summed E-state index contributed by atoms with van der Waals surface area (Å²) in [6.45, 7) is 1.72. The van der Waals surface area contributed by atoms with E-state index in [1.165, 1.54) is 21.3 Å². The number of ether oxygens (including phenoxy) is 3. The lowest BCUT2D eigenvalue weighted by Gasteiger charge is -2.25. The van der Waals surface area contributed by atoms with Crippen LogP contribution in [0.4, 0.5) is 0 Å². The molecule has 1 aliphatic rings. The van der Waals surface area contributed by atoms with E-state index in [-0.39, 0.29) is 22.8 Å². The molecule has 1 fully saturated rings. The Morgan fingerprint density at radius 3 is 2.26 bits per heavy atom. The van der Waals surface area contributed by atoms with Crippen LogP contribution in [0.1, 0.15) is 23.7 Å². The van der Waals surface area contributed by atoms with E-state index in [1.807, 2.05) is 0 Å². The first-order chi connectivity index (χ1) is 10.7. The minimum Gasteiger partial charge on any atom is -0.493 e. The second-order valence-corrected chi connectivity index (χ2v) is 7.92. The Labute approximate surface area is 135 Å². The van der Waals surface area contributed by atoms with Gasteiger partial charge in [0.15, 0.2) is 21.3 Å². The Hall–Kier alpha value is -1.96. The number of carbonyl (C=O) groups is 1. The first kappa shape index (κ1) is 17.4. The van der Waals surface area contributed by atoms with E-state index >= 15 is 0 Å². The van der Waals surface area contributed by atoms with Gasteiger partial charge in [-0.2, -0.15) is 0 Å². The molecule has 0 saturated carbocycles. The van der Waals surface area contributed by atoms with Gasteiger partial charge < -0.3 is 19.5 Å². The molecule has 23 heavy (non-hydrogen) atoms. The molecule has 1 aromatic carbocycles. The van der Waals surface area contributed by atoms with Crippen LogP contribution in [0.25, 0.3) is 0 Å². The third kappa shape index (κ3) is 3.52. The average Bonchev–Trinajstić information content (AvgIpc) is 2.78. The first-order valence-electron chi connectivity index (χ1n) is 7.07. The zero-order valence-electron chi connectivity index (χ0n) is 13.6. The second-order valence-electron chi connectivity index (χ2n) is 5.74. The summed E-state index contributed by atoms with van der Waals surface area (Å²) >= 11 is 0. The Morgan fingerprint density at radius 1 is 1.13 bits per heavy atom. The molecule has 0 spiro atoms. The van der Waals surface area contributed by atoms with Gasteiger partial charge in [-0.15, -0.1) is 0 Å². The van der Waals surface area contributed by atoms with Gasteiger partial charge in [0, 0.05) is 0 Å². The molecule has 1 atom stereocenters. The highest BCUT2D eigenvalue weighted by Gasteiger charge is 2.40. The minimum absolute atomic E-state index is 0.0681. The van der Waals surface area contributed by atoms with Crippen molar-refractivity contribution in [2.45, 2.75) is 18.9 Å². The highest BCUT2D eigenvalue weighted by atomic mass is 32.2. The van der Waals surface area contributed by atoms with Crippen molar-refractivity contribution in [3.05, 3.63) is 17.7 Å². The molecule has 7 nitrogen and oxygen atoms in total. The van der Waals surface area contributed by atoms with Crippen LogP contribution in [0.15, 0.2) is 12.1 Å². The number of carbonyl (C=O) groups excluding carboxylic acids is 1. The van der Waals surface area contributed by atoms with Crippen LogP contribution in [0.3, 0.4) is 0 Å². The van der Waals surface area contributed by atoms with E-state index in [4.69, 9.17) is 14.2 Å². The molecule has 1 amide bonds. The summed E-state index contributed by atoms with van der Waals surface area (Å²) in [6.07, 6.45) is 0.386. The molecule has 0 aliphatic carbocycles. The third-order valence-corrected chi connectivity index (χ3v) is 5.77. The predicted molar refractivity (Wildman–Crippen MR) is 85.2 cm³/mol. The average molecular weight is 343 g/mol. The van der Waals surface area contributed by atoms with Crippen LogP contribution in [0, 0.1) is 0 Å². The Kier molecular flexibility index (Phi) is 4.74. The summed E-state index contributed by atoms with van der Waals surface area (Å²) in [6, 6.07) is 3.16. The molecular formula is C15H21NO6S. The molecule has 0 radical (unpaired) electrons. The summed E-state index contributed by atoms with van der Waals surface area (Å²) in [5.74, 6) is 0.590. The number of hydrogen-bond donors (Lipinski definition) is 1. The van der Waals surface area contributed by atoms with E-state index in [0.717, 1.165) is 0 Å². The Balaban J connectivity index is 2.33. The summed E-state index contributed by atoms with van der Waals surface area (Å²) in [4.78, 5) is 12.6. The second kappa shape index (κ2) is 6.27. The number of sulfone groups is 1. The zero-order valence-corrected chi connectivity index (χ0v) is 14.5. The molecule has 1 N–H and O–H groups in total. The Morgan fingerprint density at radius 2 is 1.78 bits per heavy atom. The van der Waals surface area contributed by atoms with Crippen molar-refractivity contribution in [2.24, 2.45) is 0 Å². The van der Waals surface area contributed by atoms with Crippen molar-refractivity contribution >= 4 is 15.7 Å². The fourth-order valence-corrected chi connectivity index (χ4v) is 4.82. The molecule has 8 heteroatoms. The maximum Gasteiger partial charge on any atom is 0.255 e. The van der Waals surface area contributed by atoms with Crippen molar-refractivity contribution in [3.8, 4) is 17.2 Å². The molecule has 0 bridgehead atoms. The van der Waals surface area contributed by atoms with Crippen molar-refractivity contribution < 1.29 is 27.4 Å². The number of benzene rings is 1. The number of rotatable bonds is 5. The van der Waals surface area contributed by atoms with Crippen LogP contribution in [-0.4, -0.2) is 52.7 Å². The minimum atomic E-state index is -3.11. The monoisotopic (exact) mass is 343 g/mol. The topological polar surface area (TPSA) is 90.9 Å². The van der Waals surface area contributed by atoms with Gasteiger partial charge in [0.1, 0.15) is 0 Å². The maximum absolute atomic E-state index is 12.6. The lowest BCUT2D eigenvalue weighted by molar-refractivity contribution is 0.0911. The summed E-state index contributed by atoms with van der Waals surface area (Å²) < 4.78 is 39.0. The summed E-state index contributed by atoms with van der Waals surface area (Å²) in [5, 5.41) is 2.80. The van der Waals surface area contributed by atoms with Crippen LogP contribution in [-0.2, 0) is 9.84 Å². The predicted octanol–water partition coefficient (Wildman–Crippen LogP) is 1.02. The van der Waals surface area contributed by atoms with Crippen molar-refractivity contribution in [3.63, 3.8) is 0 Å². The van der Waals surface area contributed by atoms with Crippen LogP contribution in [0.5, 0.6) is 17.2 Å². The molecule has 1 aromatic rings. The maximum atomic E-state index is 12.6. The fraction of sp³-hybridized carbons (Fsp3) is 0.533. The quantitative estimate of drug-likeness (QED) is 0.858. The molecule has 0 aromatic heterocycles. The van der Waals surface area contributed by atoms with Crippen molar-refractivity contribution in [2.75, 3.05) is 32.8 Å². The molecule has 1 saturated heterocycles. The van der Waals surface area contributed by atoms with Gasteiger partial charge in [-0.25, -0.2) is 8.42 Å². The molecule has 1 heterocycles. The highest BCUT2D eigenvalue weighted by Crippen LogP contribution is 2.40. The van der Waals surface area contributed by atoms with Crippen molar-refractivity contribution in [1.82, 2.24) is 5.32 Å². The van der Waals surface area contributed by atoms with Crippen LogP contribution >= 0.6 is 0 Å². The fourth-order valence-electron chi connectivity index (χ4n) is 2.73. The smallest absolute Gasteiger partial charge is 0.255 e. The first-order valence-corrected chi connectivity index (χ1v) is 8.89. The van der Waals surface area contributed by atoms with Gasteiger partial charge in [0.05, 0.1) is 43.9 Å². The largest absolute Gasteiger partial charge is 0.493 e. The van der Waals surface area contributed by atoms with Gasteiger partial charge in [0.25, 0.3) is 5.91 Å². The number of nitrogens with one attached hydrogen (secondary N) is 1. The van der Waals surface area contributed by atoms with E-state index in [9.17, 15) is 13.2 Å². The molecule has 2 rings (SSSR count). The van der Waals surface area contributed by atoms with Gasteiger partial charge in [0.2, 0.25) is 5.75 Å². The van der Waals surface area contributed by atoms with E-state index in [0.29, 0.717) is 17.9 Å². The highest BCUT2D eigenvalue weighted by molar-refractivity contribution is 7.91. The molecular weight excluding hydrogens is 322 g/mol. The zero-order chi connectivity index (χ0) is 17.3.